The van der Waals surface area contributed by atoms with Gasteiger partial charge in [0.2, 0.25) is 10.0 Å². The predicted molar refractivity (Wildman–Crippen MR) is 77.9 cm³/mol. The molecule has 1 unspecified atom stereocenters. The Hall–Kier alpha value is -0.470. The van der Waals surface area contributed by atoms with E-state index in [1.807, 2.05) is 13.1 Å². The topological polar surface area (TPSA) is 61.4 Å². The van der Waals surface area contributed by atoms with Gasteiger partial charge in [-0.1, -0.05) is 0 Å². The average molecular weight is 303 g/mol. The summed E-state index contributed by atoms with van der Waals surface area (Å²) in [5, 5.41) is 3.02. The fourth-order valence-electron chi connectivity index (χ4n) is 2.26. The number of nitrogens with one attached hydrogen (secondary N) is 2. The molecule has 1 saturated heterocycles. The first-order valence-electron chi connectivity index (χ1n) is 6.43. The molecule has 2 N–H and O–H groups in total. The monoisotopic (exact) mass is 303 g/mol. The van der Waals surface area contributed by atoms with Crippen LogP contribution in [0.5, 0.6) is 0 Å². The molecule has 108 valence electrons. The third kappa shape index (κ3) is 4.00. The van der Waals surface area contributed by atoms with Crippen molar-refractivity contribution in [3.05, 3.63) is 17.0 Å². The van der Waals surface area contributed by atoms with Crippen LogP contribution < -0.4 is 10.0 Å². The largest absolute Gasteiger partial charge is 0.315 e. The second kappa shape index (κ2) is 6.32. The molecule has 7 heteroatoms. The van der Waals surface area contributed by atoms with Gasteiger partial charge in [-0.25, -0.2) is 13.1 Å². The number of thiophene rings is 1. The first-order valence-corrected chi connectivity index (χ1v) is 8.73. The van der Waals surface area contributed by atoms with Gasteiger partial charge in [-0.2, -0.15) is 0 Å². The highest BCUT2D eigenvalue weighted by Gasteiger charge is 2.23. The van der Waals surface area contributed by atoms with Crippen LogP contribution in [0.1, 0.15) is 11.3 Å². The molecule has 0 aromatic carbocycles. The number of sulfonamides is 1. The van der Waals surface area contributed by atoms with Crippen LogP contribution in [-0.2, 0) is 16.6 Å². The van der Waals surface area contributed by atoms with Crippen molar-refractivity contribution in [3.8, 4) is 0 Å². The highest BCUT2D eigenvalue weighted by atomic mass is 32.2. The lowest BCUT2D eigenvalue weighted by atomic mass is 10.1. The predicted octanol–water partition coefficient (Wildman–Crippen LogP) is 0.697. The lowest BCUT2D eigenvalue weighted by Crippen LogP contribution is -2.30. The molecule has 2 heterocycles. The van der Waals surface area contributed by atoms with E-state index in [4.69, 9.17) is 0 Å². The van der Waals surface area contributed by atoms with Crippen molar-refractivity contribution in [2.75, 3.05) is 33.7 Å². The van der Waals surface area contributed by atoms with Crippen LogP contribution in [0.25, 0.3) is 0 Å². The first kappa shape index (κ1) is 14.9. The SMILES string of the molecule is CNCc1ccc(S(=O)(=O)NCC2CCN(C)C2)s1. The minimum atomic E-state index is -3.34. The molecule has 1 atom stereocenters. The molecule has 1 aromatic heterocycles. The first-order chi connectivity index (χ1) is 9.01. The second-order valence-corrected chi connectivity index (χ2v) is 8.18. The van der Waals surface area contributed by atoms with Crippen LogP contribution in [0, 0.1) is 5.92 Å². The van der Waals surface area contributed by atoms with Crippen LogP contribution in [0.4, 0.5) is 0 Å². The Morgan fingerprint density at radius 3 is 2.89 bits per heavy atom. The van der Waals surface area contributed by atoms with E-state index in [-0.39, 0.29) is 0 Å². The quantitative estimate of drug-likeness (QED) is 0.812. The summed E-state index contributed by atoms with van der Waals surface area (Å²) in [6.07, 6.45) is 1.06. The molecule has 0 spiro atoms. The third-order valence-electron chi connectivity index (χ3n) is 3.30. The van der Waals surface area contributed by atoms with Gasteiger partial charge in [-0.05, 0) is 45.1 Å². The normalized spacial score (nSPS) is 21.1. The summed E-state index contributed by atoms with van der Waals surface area (Å²) in [4.78, 5) is 3.26. The minimum absolute atomic E-state index is 0.407. The molecular weight excluding hydrogens is 282 g/mol. The molecule has 19 heavy (non-hydrogen) atoms. The maximum atomic E-state index is 12.2. The number of nitrogens with zero attached hydrogens (tertiary/aromatic N) is 1. The summed E-state index contributed by atoms with van der Waals surface area (Å²) < 4.78 is 27.4. The van der Waals surface area contributed by atoms with E-state index >= 15 is 0 Å². The smallest absolute Gasteiger partial charge is 0.250 e. The highest BCUT2D eigenvalue weighted by Crippen LogP contribution is 2.22. The van der Waals surface area contributed by atoms with E-state index < -0.39 is 10.0 Å². The zero-order valence-electron chi connectivity index (χ0n) is 11.3. The lowest BCUT2D eigenvalue weighted by molar-refractivity contribution is 0.394. The maximum Gasteiger partial charge on any atom is 0.250 e. The summed E-state index contributed by atoms with van der Waals surface area (Å²) in [5.74, 6) is 0.427. The van der Waals surface area contributed by atoms with Crippen molar-refractivity contribution in [1.29, 1.82) is 0 Å². The summed E-state index contributed by atoms with van der Waals surface area (Å²) >= 11 is 1.32. The van der Waals surface area contributed by atoms with E-state index in [0.717, 1.165) is 24.4 Å². The van der Waals surface area contributed by atoms with Crippen LogP contribution >= 0.6 is 11.3 Å². The molecule has 1 aliphatic rings. The number of rotatable bonds is 6. The fraction of sp³-hybridized carbons (Fsp3) is 0.667. The van der Waals surface area contributed by atoms with Gasteiger partial charge in [0, 0.05) is 24.5 Å². The molecular formula is C12H21N3O2S2. The fourth-order valence-corrected chi connectivity index (χ4v) is 4.79. The third-order valence-corrected chi connectivity index (χ3v) is 6.30. The average Bonchev–Trinajstić information content (AvgIpc) is 2.97. The molecule has 5 nitrogen and oxygen atoms in total. The van der Waals surface area contributed by atoms with Crippen molar-refractivity contribution in [2.45, 2.75) is 17.2 Å². The molecule has 0 aliphatic carbocycles. The molecule has 1 aromatic rings. The van der Waals surface area contributed by atoms with Crippen LogP contribution in [-0.4, -0.2) is 47.0 Å². The Bertz CT molecular complexity index is 513. The van der Waals surface area contributed by atoms with Crippen molar-refractivity contribution in [1.82, 2.24) is 14.9 Å². The number of likely N-dealkylation sites (tertiary alicyclic amines) is 1. The Kier molecular flexibility index (Phi) is 4.97. The zero-order chi connectivity index (χ0) is 13.9. The van der Waals surface area contributed by atoms with Gasteiger partial charge < -0.3 is 10.2 Å². The van der Waals surface area contributed by atoms with Crippen molar-refractivity contribution in [3.63, 3.8) is 0 Å². The molecule has 0 radical (unpaired) electrons. The summed E-state index contributed by atoms with van der Waals surface area (Å²) in [6.45, 7) is 3.26. The van der Waals surface area contributed by atoms with E-state index in [1.54, 1.807) is 6.07 Å². The second-order valence-electron chi connectivity index (χ2n) is 5.02. The van der Waals surface area contributed by atoms with E-state index in [1.165, 1.54) is 11.3 Å². The summed E-state index contributed by atoms with van der Waals surface area (Å²) in [7, 11) is 0.577. The van der Waals surface area contributed by atoms with Crippen molar-refractivity contribution < 1.29 is 8.42 Å². The Labute approximate surface area is 119 Å². The van der Waals surface area contributed by atoms with Gasteiger partial charge in [-0.3, -0.25) is 0 Å². The van der Waals surface area contributed by atoms with Gasteiger partial charge >= 0.3 is 0 Å². The molecule has 0 amide bonds. The molecule has 0 saturated carbocycles. The Morgan fingerprint density at radius 1 is 1.47 bits per heavy atom. The van der Waals surface area contributed by atoms with Gasteiger partial charge in [0.15, 0.2) is 0 Å². The van der Waals surface area contributed by atoms with Crippen LogP contribution in [0.2, 0.25) is 0 Å². The van der Waals surface area contributed by atoms with Crippen molar-refractivity contribution in [2.24, 2.45) is 5.92 Å². The van der Waals surface area contributed by atoms with Crippen LogP contribution in [0.3, 0.4) is 0 Å². The standard InChI is InChI=1S/C12H21N3O2S2/c1-13-8-11-3-4-12(18-11)19(16,17)14-7-10-5-6-15(2)9-10/h3-4,10,13-14H,5-9H2,1-2H3. The molecule has 1 aliphatic heterocycles. The maximum absolute atomic E-state index is 12.2. The van der Waals surface area contributed by atoms with E-state index in [9.17, 15) is 8.42 Å². The summed E-state index contributed by atoms with van der Waals surface area (Å²) in [5.41, 5.74) is 0. The highest BCUT2D eigenvalue weighted by molar-refractivity contribution is 7.91. The van der Waals surface area contributed by atoms with Crippen LogP contribution in [0.15, 0.2) is 16.3 Å². The Balaban J connectivity index is 1.93. The van der Waals surface area contributed by atoms with Gasteiger partial charge in [0.05, 0.1) is 0 Å². The number of hydrogen-bond donors (Lipinski definition) is 2. The minimum Gasteiger partial charge on any atom is -0.315 e. The van der Waals surface area contributed by atoms with Crippen molar-refractivity contribution >= 4 is 21.4 Å². The molecule has 0 bridgehead atoms. The molecule has 1 fully saturated rings. The Morgan fingerprint density at radius 2 is 2.26 bits per heavy atom. The molecule has 2 rings (SSSR count). The number of hydrogen-bond acceptors (Lipinski definition) is 5. The zero-order valence-corrected chi connectivity index (χ0v) is 13.0. The lowest BCUT2D eigenvalue weighted by Gasteiger charge is -2.11. The van der Waals surface area contributed by atoms with Gasteiger partial charge in [0.25, 0.3) is 0 Å². The summed E-state index contributed by atoms with van der Waals surface area (Å²) in [6, 6.07) is 3.54. The van der Waals surface area contributed by atoms with Gasteiger partial charge in [-0.15, -0.1) is 11.3 Å². The van der Waals surface area contributed by atoms with Gasteiger partial charge in [0.1, 0.15) is 4.21 Å². The van der Waals surface area contributed by atoms with E-state index in [2.05, 4.69) is 22.0 Å². The van der Waals surface area contributed by atoms with E-state index in [0.29, 0.717) is 23.2 Å².